The van der Waals surface area contributed by atoms with Crippen LogP contribution in [0.1, 0.15) is 13.8 Å². The second-order valence-corrected chi connectivity index (χ2v) is 9.14. The Kier molecular flexibility index (Phi) is 12.4. The van der Waals surface area contributed by atoms with Gasteiger partial charge in [0.2, 0.25) is 0 Å². The van der Waals surface area contributed by atoms with Crippen LogP contribution in [-0.2, 0) is 61.8 Å². The summed E-state index contributed by atoms with van der Waals surface area (Å²) in [5.41, 5.74) is 0. The molecular weight excluding hydrogens is 601 g/mol. The van der Waals surface area contributed by atoms with E-state index in [2.05, 4.69) is 6.07 Å². The molecule has 0 aliphatic heterocycles. The van der Waals surface area contributed by atoms with E-state index in [-0.39, 0.29) is 0 Å². The molecular formula is C10H12Hg2O5. The number of carboxylic acids is 2. The maximum atomic E-state index is 9.11. The third-order valence-electron chi connectivity index (χ3n) is 1.14. The van der Waals surface area contributed by atoms with E-state index in [0.29, 0.717) is 58.0 Å². The molecule has 1 aromatic rings. The van der Waals surface area contributed by atoms with Gasteiger partial charge in [0.05, 0.1) is 0 Å². The van der Waals surface area contributed by atoms with Crippen LogP contribution < -0.4 is 6.14 Å². The molecule has 0 atom stereocenters. The number of carboxylic acid groups (broad SMARTS) is 2. The fraction of sp³-hybridized carbons (Fsp3) is 0.200. The zero-order valence-corrected chi connectivity index (χ0v) is 20.8. The Balaban J connectivity index is 0. The van der Waals surface area contributed by atoms with Crippen molar-refractivity contribution >= 4 is 18.1 Å². The van der Waals surface area contributed by atoms with Gasteiger partial charge in [0.1, 0.15) is 0 Å². The van der Waals surface area contributed by atoms with E-state index in [1.165, 1.54) is 6.14 Å². The topological polar surface area (TPSA) is 94.8 Å². The third-order valence-corrected chi connectivity index (χ3v) is 5.06. The molecule has 5 nitrogen and oxygen atoms in total. The van der Waals surface area contributed by atoms with Crippen molar-refractivity contribution in [1.29, 1.82) is 0 Å². The van der Waals surface area contributed by atoms with E-state index in [1.807, 2.05) is 12.1 Å². The molecule has 7 heteroatoms. The van der Waals surface area contributed by atoms with Crippen molar-refractivity contribution in [1.82, 2.24) is 0 Å². The minimum atomic E-state index is -0.833. The number of hydrogen-bond acceptors (Lipinski definition) is 3. The summed E-state index contributed by atoms with van der Waals surface area (Å²) in [6, 6.07) is 5.95. The molecule has 0 spiro atoms. The number of phenols is 1. The molecule has 0 saturated carbocycles. The molecule has 0 amide bonds. The standard InChI is InChI=1S/C6H4O.2C2H4O2.2Hg/c7-6-4-2-1-3-5-6;2*1-2(3)4;;/h2-4,7H;2*1H3,(H,3,4);;. The third kappa shape index (κ3) is 18.4. The van der Waals surface area contributed by atoms with Crippen LogP contribution in [-0.4, -0.2) is 27.3 Å². The Labute approximate surface area is 132 Å². The van der Waals surface area contributed by atoms with Crippen molar-refractivity contribution in [2.24, 2.45) is 0 Å². The quantitative estimate of drug-likeness (QED) is 0.356. The van der Waals surface area contributed by atoms with Gasteiger partial charge in [-0.1, -0.05) is 0 Å². The van der Waals surface area contributed by atoms with Gasteiger partial charge in [-0.2, -0.15) is 0 Å². The zero-order chi connectivity index (χ0) is 14.0. The van der Waals surface area contributed by atoms with E-state index < -0.39 is 11.9 Å². The van der Waals surface area contributed by atoms with E-state index >= 15 is 0 Å². The maximum absolute atomic E-state index is 9.11. The van der Waals surface area contributed by atoms with Crippen molar-refractivity contribution in [2.45, 2.75) is 13.8 Å². The van der Waals surface area contributed by atoms with Crippen LogP contribution >= 0.6 is 0 Å². The van der Waals surface area contributed by atoms with Crippen LogP contribution in [0.2, 0.25) is 0 Å². The van der Waals surface area contributed by atoms with Gasteiger partial charge in [-0.15, -0.1) is 0 Å². The fourth-order valence-corrected chi connectivity index (χ4v) is 7.89. The Morgan fingerprint density at radius 3 is 1.65 bits per heavy atom. The summed E-state index contributed by atoms with van der Waals surface area (Å²) in [6.45, 7) is 2.17. The van der Waals surface area contributed by atoms with Gasteiger partial charge in [0.25, 0.3) is 11.9 Å². The van der Waals surface area contributed by atoms with Gasteiger partial charge < -0.3 is 10.2 Å². The average Bonchev–Trinajstić information content (AvgIpc) is 2.10. The Bertz CT molecular complexity index is 359. The van der Waals surface area contributed by atoms with Crippen LogP contribution in [0, 0.1) is 0 Å². The Morgan fingerprint density at radius 1 is 1.06 bits per heavy atom. The second kappa shape index (κ2) is 11.0. The first kappa shape index (κ1) is 19.2. The number of rotatable bonds is 0. The van der Waals surface area contributed by atoms with Crippen LogP contribution in [0.4, 0.5) is 0 Å². The molecule has 0 fully saturated rings. The van der Waals surface area contributed by atoms with E-state index in [4.69, 9.17) is 24.9 Å². The number of aromatic hydroxyl groups is 1. The summed E-state index contributed by atoms with van der Waals surface area (Å²) < 4.78 is 2.61. The molecule has 0 bridgehead atoms. The summed E-state index contributed by atoms with van der Waals surface area (Å²) in [5.74, 6) is -1.17. The van der Waals surface area contributed by atoms with E-state index in [0.717, 1.165) is 13.8 Å². The fourth-order valence-electron chi connectivity index (χ4n) is 0.639. The van der Waals surface area contributed by atoms with Gasteiger partial charge in [-0.05, 0) is 0 Å². The predicted molar refractivity (Wildman–Crippen MR) is 54.0 cm³/mol. The van der Waals surface area contributed by atoms with Gasteiger partial charge in [0, 0.05) is 13.8 Å². The van der Waals surface area contributed by atoms with Gasteiger partial charge in [-0.3, -0.25) is 9.59 Å². The summed E-state index contributed by atoms with van der Waals surface area (Å²) in [6.07, 6.45) is 0. The van der Waals surface area contributed by atoms with Crippen molar-refractivity contribution in [3.63, 3.8) is 0 Å². The summed E-state index contributed by atoms with van der Waals surface area (Å²) in [7, 11) is 0. The summed E-state index contributed by atoms with van der Waals surface area (Å²) >= 11 is 1.28. The minimum absolute atomic E-state index is 0.493. The molecule has 0 radical (unpaired) electrons. The molecule has 1 rings (SSSR count). The van der Waals surface area contributed by atoms with Gasteiger partial charge >= 0.3 is 87.4 Å². The Hall–Kier alpha value is -0.170. The van der Waals surface area contributed by atoms with Gasteiger partial charge in [-0.25, -0.2) is 0 Å². The molecule has 0 aliphatic rings. The molecule has 0 aliphatic carbocycles. The number of hydrogen-bond donors (Lipinski definition) is 3. The van der Waals surface area contributed by atoms with E-state index in [9.17, 15) is 0 Å². The van der Waals surface area contributed by atoms with Crippen LogP contribution in [0.25, 0.3) is 0 Å². The van der Waals surface area contributed by atoms with E-state index in [1.54, 1.807) is 0 Å². The van der Waals surface area contributed by atoms with Crippen LogP contribution in [0.3, 0.4) is 0 Å². The monoisotopic (exact) mass is 616 g/mol. The zero-order valence-electron chi connectivity index (χ0n) is 9.80. The first-order valence-electron chi connectivity index (χ1n) is 4.52. The van der Waals surface area contributed by atoms with Crippen molar-refractivity contribution in [2.75, 3.05) is 0 Å². The average molecular weight is 613 g/mol. The molecule has 0 aromatic heterocycles. The normalized spacial score (nSPS) is 8.12. The predicted octanol–water partition coefficient (Wildman–Crippen LogP) is -0.0818. The van der Waals surface area contributed by atoms with Crippen LogP contribution in [0.15, 0.2) is 18.2 Å². The Morgan fingerprint density at radius 2 is 1.41 bits per heavy atom. The SMILES string of the molecule is CC(=O)O.CC(=O)O.Oc1cc[c]([Hg])c[c]1[Hg]. The van der Waals surface area contributed by atoms with Crippen molar-refractivity contribution in [3.05, 3.63) is 18.2 Å². The number of aliphatic carboxylic acids is 2. The molecule has 0 unspecified atom stereocenters. The summed E-state index contributed by atoms with van der Waals surface area (Å²) in [4.78, 5) is 18.0. The van der Waals surface area contributed by atoms with Gasteiger partial charge in [0.15, 0.2) is 0 Å². The number of phenolic OH excluding ortho intramolecular Hbond substituents is 1. The molecule has 86 valence electrons. The number of benzene rings is 1. The molecule has 17 heavy (non-hydrogen) atoms. The second-order valence-electron chi connectivity index (χ2n) is 3.00. The molecule has 0 saturated heterocycles. The molecule has 1 aromatic carbocycles. The van der Waals surface area contributed by atoms with Crippen molar-refractivity contribution in [3.8, 4) is 5.75 Å². The molecule has 3 N–H and O–H groups in total. The molecule has 0 heterocycles. The van der Waals surface area contributed by atoms with Crippen molar-refractivity contribution < 1.29 is 77.2 Å². The van der Waals surface area contributed by atoms with Crippen LogP contribution in [0.5, 0.6) is 5.75 Å². The first-order chi connectivity index (χ1) is 7.66. The number of carbonyl (C=O) groups is 2. The first-order valence-corrected chi connectivity index (χ1v) is 10.0. The summed E-state index contributed by atoms with van der Waals surface area (Å²) in [5, 5.41) is 23.9.